The van der Waals surface area contributed by atoms with Crippen molar-refractivity contribution >= 4 is 5.91 Å². The summed E-state index contributed by atoms with van der Waals surface area (Å²) in [4.78, 5) is 11.8. The topological polar surface area (TPSA) is 47.6 Å². The highest BCUT2D eigenvalue weighted by Gasteiger charge is 2.22. The molecule has 0 heterocycles. The van der Waals surface area contributed by atoms with Crippen molar-refractivity contribution in [1.29, 1.82) is 0 Å². The Hall–Kier alpha value is -1.71. The van der Waals surface area contributed by atoms with Gasteiger partial charge in [-0.25, -0.2) is 0 Å². The predicted octanol–water partition coefficient (Wildman–Crippen LogP) is 2.62. The Balaban J connectivity index is 2.41. The van der Waals surface area contributed by atoms with Gasteiger partial charge in [0.1, 0.15) is 18.1 Å². The molecule has 1 aromatic rings. The van der Waals surface area contributed by atoms with Crippen molar-refractivity contribution in [3.63, 3.8) is 0 Å². The largest absolute Gasteiger partial charge is 0.497 e. The van der Waals surface area contributed by atoms with Crippen molar-refractivity contribution in [2.75, 3.05) is 13.7 Å². The number of amides is 1. The SMILES string of the molecule is COc1ccc(OC[C@@H](C)NC(=O)C(C)(C)C)cc1. The quantitative estimate of drug-likeness (QED) is 0.890. The molecular weight excluding hydrogens is 242 g/mol. The summed E-state index contributed by atoms with van der Waals surface area (Å²) in [7, 11) is 1.62. The summed E-state index contributed by atoms with van der Waals surface area (Å²) in [5.41, 5.74) is -0.381. The number of ether oxygens (including phenoxy) is 2. The lowest BCUT2D eigenvalue weighted by Crippen LogP contribution is -2.42. The molecule has 1 aromatic carbocycles. The van der Waals surface area contributed by atoms with Gasteiger partial charge in [0.25, 0.3) is 0 Å². The van der Waals surface area contributed by atoms with Gasteiger partial charge in [-0.2, -0.15) is 0 Å². The van der Waals surface area contributed by atoms with Crippen LogP contribution < -0.4 is 14.8 Å². The number of hydrogen-bond donors (Lipinski definition) is 1. The minimum atomic E-state index is -0.381. The highest BCUT2D eigenvalue weighted by molar-refractivity contribution is 5.81. The molecule has 0 spiro atoms. The normalized spacial score (nSPS) is 12.7. The molecule has 1 rings (SSSR count). The Morgan fingerprint density at radius 3 is 2.21 bits per heavy atom. The maximum atomic E-state index is 11.8. The average molecular weight is 265 g/mol. The van der Waals surface area contributed by atoms with Gasteiger partial charge in [0.2, 0.25) is 5.91 Å². The summed E-state index contributed by atoms with van der Waals surface area (Å²) in [6.45, 7) is 8.03. The van der Waals surface area contributed by atoms with Crippen LogP contribution >= 0.6 is 0 Å². The van der Waals surface area contributed by atoms with Gasteiger partial charge in [0.15, 0.2) is 0 Å². The first-order chi connectivity index (χ1) is 8.82. The minimum Gasteiger partial charge on any atom is -0.497 e. The van der Waals surface area contributed by atoms with Crippen LogP contribution in [0, 0.1) is 5.41 Å². The molecular formula is C15H23NO3. The van der Waals surface area contributed by atoms with Crippen LogP contribution in [0.2, 0.25) is 0 Å². The molecule has 0 radical (unpaired) electrons. The molecule has 0 aromatic heterocycles. The molecule has 0 aliphatic rings. The summed E-state index contributed by atoms with van der Waals surface area (Å²) >= 11 is 0. The number of carbonyl (C=O) groups is 1. The van der Waals surface area contributed by atoms with Crippen LogP contribution in [0.25, 0.3) is 0 Å². The number of methoxy groups -OCH3 is 1. The highest BCUT2D eigenvalue weighted by Crippen LogP contribution is 2.17. The van der Waals surface area contributed by atoms with E-state index in [4.69, 9.17) is 9.47 Å². The van der Waals surface area contributed by atoms with Crippen LogP contribution in [0.1, 0.15) is 27.7 Å². The Bertz CT molecular complexity index is 406. The summed E-state index contributed by atoms with van der Waals surface area (Å²) in [6, 6.07) is 7.34. The van der Waals surface area contributed by atoms with Gasteiger partial charge in [-0.05, 0) is 31.2 Å². The van der Waals surface area contributed by atoms with Gasteiger partial charge in [-0.3, -0.25) is 4.79 Å². The van der Waals surface area contributed by atoms with Crippen LogP contribution in [0.3, 0.4) is 0 Å². The van der Waals surface area contributed by atoms with Crippen molar-refractivity contribution in [3.05, 3.63) is 24.3 Å². The first-order valence-electron chi connectivity index (χ1n) is 6.40. The van der Waals surface area contributed by atoms with E-state index < -0.39 is 0 Å². The minimum absolute atomic E-state index is 0.0262. The second kappa shape index (κ2) is 6.45. The fourth-order valence-electron chi connectivity index (χ4n) is 1.38. The van der Waals surface area contributed by atoms with Gasteiger partial charge in [-0.15, -0.1) is 0 Å². The van der Waals surface area contributed by atoms with Crippen LogP contribution in [-0.2, 0) is 4.79 Å². The molecule has 4 nitrogen and oxygen atoms in total. The third-order valence-corrected chi connectivity index (χ3v) is 2.62. The lowest BCUT2D eigenvalue weighted by atomic mass is 9.95. The molecule has 0 fully saturated rings. The van der Waals surface area contributed by atoms with Crippen molar-refractivity contribution in [3.8, 4) is 11.5 Å². The van der Waals surface area contributed by atoms with Crippen molar-refractivity contribution < 1.29 is 14.3 Å². The van der Waals surface area contributed by atoms with E-state index in [-0.39, 0.29) is 17.4 Å². The molecule has 0 aliphatic heterocycles. The van der Waals surface area contributed by atoms with E-state index in [1.54, 1.807) is 7.11 Å². The van der Waals surface area contributed by atoms with Gasteiger partial charge in [0, 0.05) is 5.41 Å². The van der Waals surface area contributed by atoms with Gasteiger partial charge < -0.3 is 14.8 Å². The second-order valence-corrected chi connectivity index (χ2v) is 5.61. The van der Waals surface area contributed by atoms with Crippen molar-refractivity contribution in [1.82, 2.24) is 5.32 Å². The Kier molecular flexibility index (Phi) is 5.21. The molecule has 4 heteroatoms. The van der Waals surface area contributed by atoms with Gasteiger partial charge in [-0.1, -0.05) is 20.8 Å². The fraction of sp³-hybridized carbons (Fsp3) is 0.533. The number of nitrogens with one attached hydrogen (secondary N) is 1. The Morgan fingerprint density at radius 2 is 1.74 bits per heavy atom. The van der Waals surface area contributed by atoms with E-state index in [1.807, 2.05) is 52.0 Å². The molecule has 0 bridgehead atoms. The number of hydrogen-bond acceptors (Lipinski definition) is 3. The summed E-state index contributed by atoms with van der Waals surface area (Å²) in [6.07, 6.45) is 0. The molecule has 1 N–H and O–H groups in total. The van der Waals surface area contributed by atoms with E-state index >= 15 is 0 Å². The molecule has 0 saturated heterocycles. The van der Waals surface area contributed by atoms with Gasteiger partial charge >= 0.3 is 0 Å². The van der Waals surface area contributed by atoms with Crippen LogP contribution in [0.15, 0.2) is 24.3 Å². The summed E-state index contributed by atoms with van der Waals surface area (Å²) in [5, 5.41) is 2.92. The number of benzene rings is 1. The van der Waals surface area contributed by atoms with E-state index in [1.165, 1.54) is 0 Å². The smallest absolute Gasteiger partial charge is 0.225 e. The molecule has 0 aliphatic carbocycles. The monoisotopic (exact) mass is 265 g/mol. The van der Waals surface area contributed by atoms with Crippen molar-refractivity contribution in [2.45, 2.75) is 33.7 Å². The van der Waals surface area contributed by atoms with E-state index in [9.17, 15) is 4.79 Å². The average Bonchev–Trinajstić information content (AvgIpc) is 2.35. The standard InChI is InChI=1S/C15H23NO3/c1-11(16-14(17)15(2,3)4)10-19-13-8-6-12(18-5)7-9-13/h6-9,11H,10H2,1-5H3,(H,16,17)/t11-/m1/s1. The number of rotatable bonds is 5. The fourth-order valence-corrected chi connectivity index (χ4v) is 1.38. The second-order valence-electron chi connectivity index (χ2n) is 5.61. The van der Waals surface area contributed by atoms with Crippen LogP contribution in [0.5, 0.6) is 11.5 Å². The lowest BCUT2D eigenvalue weighted by molar-refractivity contribution is -0.129. The van der Waals surface area contributed by atoms with E-state index in [0.717, 1.165) is 11.5 Å². The molecule has 106 valence electrons. The maximum absolute atomic E-state index is 11.8. The zero-order chi connectivity index (χ0) is 14.5. The van der Waals surface area contributed by atoms with Crippen LogP contribution in [-0.4, -0.2) is 25.7 Å². The summed E-state index contributed by atoms with van der Waals surface area (Å²) < 4.78 is 10.7. The summed E-state index contributed by atoms with van der Waals surface area (Å²) in [5.74, 6) is 1.58. The van der Waals surface area contributed by atoms with E-state index in [0.29, 0.717) is 6.61 Å². The highest BCUT2D eigenvalue weighted by atomic mass is 16.5. The number of carbonyl (C=O) groups excluding carboxylic acids is 1. The van der Waals surface area contributed by atoms with Crippen molar-refractivity contribution in [2.24, 2.45) is 5.41 Å². The first-order valence-corrected chi connectivity index (χ1v) is 6.40. The maximum Gasteiger partial charge on any atom is 0.225 e. The lowest BCUT2D eigenvalue weighted by Gasteiger charge is -2.22. The molecule has 1 atom stereocenters. The van der Waals surface area contributed by atoms with Crippen LogP contribution in [0.4, 0.5) is 0 Å². The third kappa shape index (κ3) is 5.20. The Morgan fingerprint density at radius 1 is 1.21 bits per heavy atom. The zero-order valence-corrected chi connectivity index (χ0v) is 12.3. The van der Waals surface area contributed by atoms with Gasteiger partial charge in [0.05, 0.1) is 13.2 Å². The predicted molar refractivity (Wildman–Crippen MR) is 75.5 cm³/mol. The first kappa shape index (κ1) is 15.3. The third-order valence-electron chi connectivity index (χ3n) is 2.62. The molecule has 1 amide bonds. The molecule has 19 heavy (non-hydrogen) atoms. The molecule has 0 unspecified atom stereocenters. The zero-order valence-electron chi connectivity index (χ0n) is 12.3. The Labute approximate surface area is 115 Å². The molecule has 0 saturated carbocycles. The van der Waals surface area contributed by atoms with E-state index in [2.05, 4.69) is 5.32 Å².